The van der Waals surface area contributed by atoms with E-state index < -0.39 is 0 Å². The lowest BCUT2D eigenvalue weighted by Crippen LogP contribution is -2.43. The van der Waals surface area contributed by atoms with Crippen molar-refractivity contribution in [2.45, 2.75) is 38.3 Å². The molecule has 0 radical (unpaired) electrons. The summed E-state index contributed by atoms with van der Waals surface area (Å²) in [6.45, 7) is 6.44. The summed E-state index contributed by atoms with van der Waals surface area (Å²) in [4.78, 5) is 4.81. The van der Waals surface area contributed by atoms with Crippen molar-refractivity contribution in [2.75, 3.05) is 13.2 Å². The summed E-state index contributed by atoms with van der Waals surface area (Å²) >= 11 is 6.08. The average molecular weight is 294 g/mol. The second-order valence-electron chi connectivity index (χ2n) is 5.76. The molecule has 0 bridgehead atoms. The van der Waals surface area contributed by atoms with Gasteiger partial charge in [-0.3, -0.25) is 0 Å². The first kappa shape index (κ1) is 13.9. The van der Waals surface area contributed by atoms with Crippen molar-refractivity contribution in [3.8, 4) is 0 Å². The van der Waals surface area contributed by atoms with Gasteiger partial charge in [0.25, 0.3) is 0 Å². The predicted molar refractivity (Wildman–Crippen MR) is 81.2 cm³/mol. The Labute approximate surface area is 123 Å². The van der Waals surface area contributed by atoms with Crippen LogP contribution >= 0.6 is 11.6 Å². The minimum Gasteiger partial charge on any atom is -0.379 e. The van der Waals surface area contributed by atoms with Gasteiger partial charge in [0.2, 0.25) is 0 Å². The van der Waals surface area contributed by atoms with Gasteiger partial charge in [-0.05, 0) is 31.5 Å². The van der Waals surface area contributed by atoms with Gasteiger partial charge >= 0.3 is 0 Å². The molecule has 3 rings (SSSR count). The lowest BCUT2D eigenvalue weighted by atomic mass is 9.85. The molecule has 108 valence electrons. The zero-order chi connectivity index (χ0) is 14.3. The summed E-state index contributed by atoms with van der Waals surface area (Å²) in [5.74, 6) is 1.02. The van der Waals surface area contributed by atoms with E-state index >= 15 is 0 Å². The third-order valence-corrected chi connectivity index (χ3v) is 4.42. The Kier molecular flexibility index (Phi) is 3.48. The predicted octanol–water partition coefficient (Wildman–Crippen LogP) is 2.71. The number of halogens is 1. The fraction of sp³-hybridized carbons (Fsp3) is 0.533. The molecule has 2 aromatic rings. The zero-order valence-corrected chi connectivity index (χ0v) is 12.7. The number of ether oxygens (including phenoxy) is 1. The van der Waals surface area contributed by atoms with Crippen molar-refractivity contribution < 1.29 is 4.74 Å². The summed E-state index contributed by atoms with van der Waals surface area (Å²) in [7, 11) is 0. The van der Waals surface area contributed by atoms with E-state index in [0.29, 0.717) is 18.2 Å². The van der Waals surface area contributed by atoms with Gasteiger partial charge in [0.1, 0.15) is 5.82 Å². The highest BCUT2D eigenvalue weighted by atomic mass is 35.5. The van der Waals surface area contributed by atoms with Crippen molar-refractivity contribution in [3.63, 3.8) is 0 Å². The normalized spacial score (nSPS) is 26.5. The van der Waals surface area contributed by atoms with Gasteiger partial charge in [0, 0.05) is 17.6 Å². The minimum atomic E-state index is -0.235. The second kappa shape index (κ2) is 5.02. The van der Waals surface area contributed by atoms with E-state index in [2.05, 4.69) is 18.4 Å². The van der Waals surface area contributed by atoms with Crippen LogP contribution in [-0.4, -0.2) is 28.8 Å². The van der Waals surface area contributed by atoms with Crippen molar-refractivity contribution in [2.24, 2.45) is 5.73 Å². The molecular formula is C15H20ClN3O. The Hall–Kier alpha value is -1.10. The number of hydrogen-bond donors (Lipinski definition) is 1. The molecule has 2 heterocycles. The maximum atomic E-state index is 6.26. The monoisotopic (exact) mass is 293 g/mol. The molecule has 5 heteroatoms. The zero-order valence-electron chi connectivity index (χ0n) is 11.9. The molecule has 1 fully saturated rings. The lowest BCUT2D eigenvalue weighted by Gasteiger charge is -2.27. The first-order valence-corrected chi connectivity index (χ1v) is 7.43. The van der Waals surface area contributed by atoms with Crippen LogP contribution in [0, 0.1) is 0 Å². The van der Waals surface area contributed by atoms with Crippen LogP contribution in [0.4, 0.5) is 0 Å². The van der Waals surface area contributed by atoms with Crippen LogP contribution in [0.3, 0.4) is 0 Å². The topological polar surface area (TPSA) is 53.1 Å². The number of hydrogen-bond acceptors (Lipinski definition) is 3. The molecule has 1 aliphatic rings. The van der Waals surface area contributed by atoms with Crippen LogP contribution in [0.5, 0.6) is 0 Å². The molecule has 4 nitrogen and oxygen atoms in total. The molecule has 2 N–H and O–H groups in total. The van der Waals surface area contributed by atoms with Crippen LogP contribution < -0.4 is 5.73 Å². The standard InChI is InChI=1S/C15H20ClN3O/c1-3-6-19-12-5-4-10(16)7-11(12)18-14(19)15(2)9-20-8-13(15)17/h4-5,7,13H,3,6,8-9,17H2,1-2H3. The highest BCUT2D eigenvalue weighted by Crippen LogP contribution is 2.34. The van der Waals surface area contributed by atoms with E-state index in [1.807, 2.05) is 18.2 Å². The summed E-state index contributed by atoms with van der Waals surface area (Å²) in [5, 5.41) is 0.710. The Morgan fingerprint density at radius 1 is 1.55 bits per heavy atom. The highest BCUT2D eigenvalue weighted by molar-refractivity contribution is 6.31. The number of benzene rings is 1. The van der Waals surface area contributed by atoms with Gasteiger partial charge < -0.3 is 15.0 Å². The largest absolute Gasteiger partial charge is 0.379 e. The first-order valence-electron chi connectivity index (χ1n) is 7.06. The van der Waals surface area contributed by atoms with E-state index in [4.69, 9.17) is 27.1 Å². The van der Waals surface area contributed by atoms with Crippen molar-refractivity contribution >= 4 is 22.6 Å². The average Bonchev–Trinajstić information content (AvgIpc) is 2.93. The highest BCUT2D eigenvalue weighted by Gasteiger charge is 2.43. The number of rotatable bonds is 3. The van der Waals surface area contributed by atoms with E-state index in [9.17, 15) is 0 Å². The Bertz CT molecular complexity index is 639. The summed E-state index contributed by atoms with van der Waals surface area (Å²) in [6.07, 6.45) is 1.05. The SMILES string of the molecule is CCCn1c(C2(C)COCC2N)nc2cc(Cl)ccc21. The molecule has 1 saturated heterocycles. The van der Waals surface area contributed by atoms with Crippen molar-refractivity contribution in [3.05, 3.63) is 29.0 Å². The van der Waals surface area contributed by atoms with Gasteiger partial charge in [-0.15, -0.1) is 0 Å². The second-order valence-corrected chi connectivity index (χ2v) is 6.20. The fourth-order valence-electron chi connectivity index (χ4n) is 2.91. The Morgan fingerprint density at radius 3 is 3.00 bits per heavy atom. The Balaban J connectivity index is 2.21. The molecule has 0 aliphatic carbocycles. The molecular weight excluding hydrogens is 274 g/mol. The molecule has 1 aromatic carbocycles. The van der Waals surface area contributed by atoms with Crippen molar-refractivity contribution in [1.82, 2.24) is 9.55 Å². The molecule has 20 heavy (non-hydrogen) atoms. The van der Waals surface area contributed by atoms with Crippen LogP contribution in [0.15, 0.2) is 18.2 Å². The summed E-state index contributed by atoms with van der Waals surface area (Å²) in [5.41, 5.74) is 8.07. The molecule has 2 unspecified atom stereocenters. The van der Waals surface area contributed by atoms with Gasteiger partial charge in [-0.1, -0.05) is 18.5 Å². The number of nitrogens with zero attached hydrogens (tertiary/aromatic N) is 2. The number of nitrogens with two attached hydrogens (primary N) is 1. The summed E-state index contributed by atoms with van der Waals surface area (Å²) in [6, 6.07) is 5.84. The third-order valence-electron chi connectivity index (χ3n) is 4.19. The molecule has 0 spiro atoms. The van der Waals surface area contributed by atoms with Crippen LogP contribution in [0.1, 0.15) is 26.1 Å². The van der Waals surface area contributed by atoms with E-state index in [1.165, 1.54) is 0 Å². The lowest BCUT2D eigenvalue weighted by molar-refractivity contribution is 0.177. The Morgan fingerprint density at radius 2 is 2.35 bits per heavy atom. The van der Waals surface area contributed by atoms with Crippen molar-refractivity contribution in [1.29, 1.82) is 0 Å². The van der Waals surface area contributed by atoms with Gasteiger partial charge in [-0.25, -0.2) is 4.98 Å². The number of aryl methyl sites for hydroxylation is 1. The van der Waals surface area contributed by atoms with E-state index in [-0.39, 0.29) is 11.5 Å². The third kappa shape index (κ3) is 2.03. The van der Waals surface area contributed by atoms with Crippen LogP contribution in [-0.2, 0) is 16.7 Å². The molecule has 2 atom stereocenters. The quantitative estimate of drug-likeness (QED) is 0.947. The minimum absolute atomic E-state index is 0.0228. The molecule has 1 aliphatic heterocycles. The van der Waals surface area contributed by atoms with Gasteiger partial charge in [0.15, 0.2) is 0 Å². The molecule has 0 saturated carbocycles. The maximum Gasteiger partial charge on any atom is 0.119 e. The fourth-order valence-corrected chi connectivity index (χ4v) is 3.07. The smallest absolute Gasteiger partial charge is 0.119 e. The van der Waals surface area contributed by atoms with E-state index in [0.717, 1.165) is 29.8 Å². The van der Waals surface area contributed by atoms with Gasteiger partial charge in [0.05, 0.1) is 29.7 Å². The van der Waals surface area contributed by atoms with Crippen LogP contribution in [0.2, 0.25) is 5.02 Å². The van der Waals surface area contributed by atoms with Gasteiger partial charge in [-0.2, -0.15) is 0 Å². The number of fused-ring (bicyclic) bond motifs is 1. The van der Waals surface area contributed by atoms with E-state index in [1.54, 1.807) is 0 Å². The summed E-state index contributed by atoms with van der Waals surface area (Å²) < 4.78 is 7.84. The maximum absolute atomic E-state index is 6.26. The molecule has 0 amide bonds. The molecule has 1 aromatic heterocycles. The van der Waals surface area contributed by atoms with Crippen LogP contribution in [0.25, 0.3) is 11.0 Å². The number of aromatic nitrogens is 2. The first-order chi connectivity index (χ1) is 9.56. The number of imidazole rings is 1.